The van der Waals surface area contributed by atoms with E-state index in [0.717, 1.165) is 22.7 Å². The Morgan fingerprint density at radius 3 is 2.70 bits per heavy atom. The Morgan fingerprint density at radius 2 is 1.87 bits per heavy atom. The van der Waals surface area contributed by atoms with Crippen LogP contribution in [-0.2, 0) is 12.8 Å². The van der Waals surface area contributed by atoms with Crippen LogP contribution in [0.15, 0.2) is 45.7 Å². The summed E-state index contributed by atoms with van der Waals surface area (Å²) in [6, 6.07) is 9.92. The van der Waals surface area contributed by atoms with E-state index in [1.165, 1.54) is 11.3 Å². The molecular formula is C15H11N5OS2. The second-order valence-electron chi connectivity index (χ2n) is 4.77. The van der Waals surface area contributed by atoms with Crippen LogP contribution in [0.1, 0.15) is 11.6 Å². The van der Waals surface area contributed by atoms with Crippen LogP contribution < -0.4 is 0 Å². The molecule has 0 aliphatic rings. The number of benzene rings is 1. The lowest BCUT2D eigenvalue weighted by molar-refractivity contribution is 0.378. The van der Waals surface area contributed by atoms with Crippen molar-refractivity contribution in [2.45, 2.75) is 12.8 Å². The van der Waals surface area contributed by atoms with Crippen molar-refractivity contribution in [3.05, 3.63) is 52.8 Å². The van der Waals surface area contributed by atoms with Gasteiger partial charge in [-0.15, -0.1) is 21.5 Å². The minimum absolute atomic E-state index is 0.484. The number of hydrogen-bond donors (Lipinski definition) is 0. The molecule has 4 rings (SSSR count). The maximum atomic E-state index is 5.29. The molecule has 3 heterocycles. The molecule has 0 amide bonds. The molecule has 114 valence electrons. The zero-order valence-electron chi connectivity index (χ0n) is 11.9. The second-order valence-corrected chi connectivity index (χ2v) is 6.47. The van der Waals surface area contributed by atoms with Gasteiger partial charge in [-0.25, -0.2) is 4.98 Å². The summed E-state index contributed by atoms with van der Waals surface area (Å²) in [6.45, 7) is 0. The van der Waals surface area contributed by atoms with Crippen LogP contribution in [0.25, 0.3) is 21.4 Å². The third-order valence-electron chi connectivity index (χ3n) is 3.18. The van der Waals surface area contributed by atoms with Gasteiger partial charge in [-0.2, -0.15) is 4.98 Å². The molecule has 0 saturated carbocycles. The second kappa shape index (κ2) is 6.35. The van der Waals surface area contributed by atoms with Crippen LogP contribution in [0.2, 0.25) is 0 Å². The van der Waals surface area contributed by atoms with Gasteiger partial charge in [0.05, 0.1) is 11.2 Å². The SMILES string of the molecule is c1ccc(-c2nnc(-c3noc(CCc4cscn4)n3)s2)cc1. The van der Waals surface area contributed by atoms with E-state index in [0.29, 0.717) is 23.1 Å². The van der Waals surface area contributed by atoms with Gasteiger partial charge < -0.3 is 4.52 Å². The van der Waals surface area contributed by atoms with Gasteiger partial charge in [0.2, 0.25) is 11.7 Å². The molecule has 0 atom stereocenters. The summed E-state index contributed by atoms with van der Waals surface area (Å²) < 4.78 is 5.29. The maximum Gasteiger partial charge on any atom is 0.233 e. The Labute approximate surface area is 139 Å². The van der Waals surface area contributed by atoms with Crippen LogP contribution in [0.5, 0.6) is 0 Å². The third kappa shape index (κ3) is 3.17. The van der Waals surface area contributed by atoms with E-state index < -0.39 is 0 Å². The van der Waals surface area contributed by atoms with Crippen molar-refractivity contribution in [1.29, 1.82) is 0 Å². The highest BCUT2D eigenvalue weighted by Gasteiger charge is 2.14. The molecule has 0 unspecified atom stereocenters. The molecule has 0 N–H and O–H groups in total. The highest BCUT2D eigenvalue weighted by molar-refractivity contribution is 7.17. The molecule has 0 bridgehead atoms. The Bertz CT molecular complexity index is 886. The van der Waals surface area contributed by atoms with Gasteiger partial charge in [-0.1, -0.05) is 46.8 Å². The van der Waals surface area contributed by atoms with Crippen molar-refractivity contribution >= 4 is 22.7 Å². The number of rotatable bonds is 5. The van der Waals surface area contributed by atoms with Crippen molar-refractivity contribution in [2.24, 2.45) is 0 Å². The van der Waals surface area contributed by atoms with Crippen molar-refractivity contribution in [3.8, 4) is 21.4 Å². The fourth-order valence-electron chi connectivity index (χ4n) is 2.05. The van der Waals surface area contributed by atoms with E-state index >= 15 is 0 Å². The third-order valence-corrected chi connectivity index (χ3v) is 4.79. The fourth-order valence-corrected chi connectivity index (χ4v) is 3.42. The predicted molar refractivity (Wildman–Crippen MR) is 88.2 cm³/mol. The summed E-state index contributed by atoms with van der Waals surface area (Å²) in [6.07, 6.45) is 1.46. The van der Waals surface area contributed by atoms with Crippen LogP contribution >= 0.6 is 22.7 Å². The van der Waals surface area contributed by atoms with Crippen molar-refractivity contribution < 1.29 is 4.52 Å². The molecule has 0 aliphatic heterocycles. The summed E-state index contributed by atoms with van der Waals surface area (Å²) in [5.74, 6) is 1.07. The number of thiazole rings is 1. The molecule has 4 aromatic rings. The van der Waals surface area contributed by atoms with Gasteiger partial charge in [0.15, 0.2) is 5.01 Å². The van der Waals surface area contributed by atoms with Crippen LogP contribution in [0.4, 0.5) is 0 Å². The van der Waals surface area contributed by atoms with E-state index in [-0.39, 0.29) is 0 Å². The molecule has 0 spiro atoms. The zero-order chi connectivity index (χ0) is 15.5. The standard InChI is InChI=1S/C15H11N5OS2/c1-2-4-10(5-3-1)14-18-19-15(23-14)13-17-12(21-20-13)7-6-11-8-22-9-16-11/h1-5,8-9H,6-7H2. The summed E-state index contributed by atoms with van der Waals surface area (Å²) in [7, 11) is 0. The Morgan fingerprint density at radius 1 is 1.00 bits per heavy atom. The Kier molecular flexibility index (Phi) is 3.91. The molecule has 23 heavy (non-hydrogen) atoms. The van der Waals surface area contributed by atoms with E-state index in [1.54, 1.807) is 11.3 Å². The van der Waals surface area contributed by atoms with Crippen molar-refractivity contribution in [1.82, 2.24) is 25.3 Å². The molecule has 8 heteroatoms. The lowest BCUT2D eigenvalue weighted by atomic mass is 10.2. The first-order valence-electron chi connectivity index (χ1n) is 6.97. The summed E-state index contributed by atoms with van der Waals surface area (Å²) >= 11 is 3.03. The predicted octanol–water partition coefficient (Wildman–Crippen LogP) is 3.50. The van der Waals surface area contributed by atoms with Crippen molar-refractivity contribution in [3.63, 3.8) is 0 Å². The van der Waals surface area contributed by atoms with E-state index in [1.807, 2.05) is 41.2 Å². The molecule has 0 aliphatic carbocycles. The average molecular weight is 341 g/mol. The highest BCUT2D eigenvalue weighted by Crippen LogP contribution is 2.28. The number of aryl methyl sites for hydroxylation is 2. The first-order chi connectivity index (χ1) is 11.4. The summed E-state index contributed by atoms with van der Waals surface area (Å²) in [4.78, 5) is 8.63. The van der Waals surface area contributed by atoms with Crippen LogP contribution in [0.3, 0.4) is 0 Å². The van der Waals surface area contributed by atoms with Gasteiger partial charge in [0.25, 0.3) is 0 Å². The van der Waals surface area contributed by atoms with Gasteiger partial charge >= 0.3 is 0 Å². The first kappa shape index (κ1) is 14.2. The molecule has 1 aromatic carbocycles. The average Bonchev–Trinajstić information content (AvgIpc) is 3.34. The van der Waals surface area contributed by atoms with Gasteiger partial charge in [-0.3, -0.25) is 0 Å². The summed E-state index contributed by atoms with van der Waals surface area (Å²) in [5.41, 5.74) is 3.89. The Balaban J connectivity index is 1.49. The van der Waals surface area contributed by atoms with Gasteiger partial charge in [0.1, 0.15) is 5.01 Å². The lowest BCUT2D eigenvalue weighted by Gasteiger charge is -1.91. The molecule has 0 radical (unpaired) electrons. The fraction of sp³-hybridized carbons (Fsp3) is 0.133. The molecule has 0 saturated heterocycles. The minimum Gasteiger partial charge on any atom is -0.339 e. The maximum absolute atomic E-state index is 5.29. The molecule has 0 fully saturated rings. The number of aromatic nitrogens is 5. The number of hydrogen-bond acceptors (Lipinski definition) is 8. The normalized spacial score (nSPS) is 11.0. The van der Waals surface area contributed by atoms with Gasteiger partial charge in [0, 0.05) is 17.4 Å². The van der Waals surface area contributed by atoms with E-state index in [4.69, 9.17) is 4.52 Å². The lowest BCUT2D eigenvalue weighted by Crippen LogP contribution is -1.91. The first-order valence-corrected chi connectivity index (χ1v) is 8.73. The molecule has 6 nitrogen and oxygen atoms in total. The molecular weight excluding hydrogens is 330 g/mol. The Hall–Kier alpha value is -2.45. The van der Waals surface area contributed by atoms with Crippen molar-refractivity contribution in [2.75, 3.05) is 0 Å². The van der Waals surface area contributed by atoms with Gasteiger partial charge in [-0.05, 0) is 6.42 Å². The smallest absolute Gasteiger partial charge is 0.233 e. The minimum atomic E-state index is 0.484. The van der Waals surface area contributed by atoms with E-state index in [2.05, 4.69) is 25.3 Å². The van der Waals surface area contributed by atoms with Crippen LogP contribution in [-0.4, -0.2) is 25.3 Å². The van der Waals surface area contributed by atoms with Crippen LogP contribution in [0, 0.1) is 0 Å². The number of nitrogens with zero attached hydrogens (tertiary/aromatic N) is 5. The topological polar surface area (TPSA) is 77.6 Å². The highest BCUT2D eigenvalue weighted by atomic mass is 32.1. The molecule has 3 aromatic heterocycles. The quantitative estimate of drug-likeness (QED) is 0.553. The summed E-state index contributed by atoms with van der Waals surface area (Å²) in [5, 5.41) is 15.9. The largest absolute Gasteiger partial charge is 0.339 e. The van der Waals surface area contributed by atoms with E-state index in [9.17, 15) is 0 Å². The zero-order valence-corrected chi connectivity index (χ0v) is 13.5. The monoisotopic (exact) mass is 341 g/mol.